The number of aliphatic hydroxyl groups is 1. The van der Waals surface area contributed by atoms with E-state index < -0.39 is 30.3 Å². The standard InChI is InChI=1S/C23H26F3N3O3/c24-23(25,26)16-8-7-9-17(14-16)27-19-11-4-3-10-18(19)21(31)28-20(15-30)22(32)29-12-5-1-2-6-13-29/h3-4,7-11,14,20,27,30H,1-2,5-6,12-13,15H2,(H,28,31)/t20-/m0/s1. The molecule has 2 aromatic rings. The Balaban J connectivity index is 1.75. The van der Waals surface area contributed by atoms with Gasteiger partial charge in [-0.2, -0.15) is 13.2 Å². The van der Waals surface area contributed by atoms with E-state index in [2.05, 4.69) is 10.6 Å². The van der Waals surface area contributed by atoms with E-state index in [1.54, 1.807) is 23.1 Å². The van der Waals surface area contributed by atoms with E-state index in [0.29, 0.717) is 13.1 Å². The molecular weight excluding hydrogens is 423 g/mol. The maximum absolute atomic E-state index is 13.0. The van der Waals surface area contributed by atoms with Crippen molar-refractivity contribution in [3.63, 3.8) is 0 Å². The van der Waals surface area contributed by atoms with E-state index in [0.717, 1.165) is 37.8 Å². The molecule has 0 aromatic heterocycles. The number of para-hydroxylation sites is 1. The molecule has 32 heavy (non-hydrogen) atoms. The first-order valence-corrected chi connectivity index (χ1v) is 10.5. The van der Waals surface area contributed by atoms with Gasteiger partial charge >= 0.3 is 6.18 Å². The van der Waals surface area contributed by atoms with E-state index in [9.17, 15) is 27.9 Å². The largest absolute Gasteiger partial charge is 0.416 e. The van der Waals surface area contributed by atoms with Crippen molar-refractivity contribution < 1.29 is 27.9 Å². The van der Waals surface area contributed by atoms with Gasteiger partial charge in [0.15, 0.2) is 0 Å². The van der Waals surface area contributed by atoms with Crippen LogP contribution in [0.5, 0.6) is 0 Å². The van der Waals surface area contributed by atoms with E-state index in [1.165, 1.54) is 18.2 Å². The van der Waals surface area contributed by atoms with E-state index in [1.807, 2.05) is 0 Å². The van der Waals surface area contributed by atoms with Gasteiger partial charge in [0.25, 0.3) is 5.91 Å². The van der Waals surface area contributed by atoms with Crippen molar-refractivity contribution >= 4 is 23.2 Å². The Morgan fingerprint density at radius 2 is 1.69 bits per heavy atom. The van der Waals surface area contributed by atoms with Gasteiger partial charge in [-0.3, -0.25) is 9.59 Å². The SMILES string of the molecule is O=C(N[C@@H](CO)C(=O)N1CCCCCC1)c1ccccc1Nc1cccc(C(F)(F)F)c1. The molecule has 1 aliphatic rings. The number of halogens is 3. The molecule has 3 N–H and O–H groups in total. The lowest BCUT2D eigenvalue weighted by atomic mass is 10.1. The summed E-state index contributed by atoms with van der Waals surface area (Å²) >= 11 is 0. The Kier molecular flexibility index (Phi) is 7.74. The molecule has 9 heteroatoms. The molecule has 1 saturated heterocycles. The van der Waals surface area contributed by atoms with Crippen LogP contribution in [0.4, 0.5) is 24.5 Å². The molecule has 2 amide bonds. The Hall–Kier alpha value is -3.07. The maximum atomic E-state index is 13.0. The summed E-state index contributed by atoms with van der Waals surface area (Å²) in [5.74, 6) is -0.951. The van der Waals surface area contributed by atoms with Crippen LogP contribution in [0.25, 0.3) is 0 Å². The van der Waals surface area contributed by atoms with E-state index >= 15 is 0 Å². The Bertz CT molecular complexity index is 941. The molecule has 1 aliphatic heterocycles. The number of nitrogens with one attached hydrogen (secondary N) is 2. The Labute approximate surface area is 184 Å². The van der Waals surface area contributed by atoms with Crippen LogP contribution in [-0.4, -0.2) is 47.6 Å². The third kappa shape index (κ3) is 6.00. The van der Waals surface area contributed by atoms with Crippen LogP contribution in [0.15, 0.2) is 48.5 Å². The second-order valence-corrected chi connectivity index (χ2v) is 7.70. The topological polar surface area (TPSA) is 81.7 Å². The van der Waals surface area contributed by atoms with Gasteiger partial charge < -0.3 is 20.6 Å². The minimum Gasteiger partial charge on any atom is -0.394 e. The lowest BCUT2D eigenvalue weighted by Gasteiger charge is -2.26. The molecule has 0 unspecified atom stereocenters. The van der Waals surface area contributed by atoms with Crippen molar-refractivity contribution in [3.05, 3.63) is 59.7 Å². The van der Waals surface area contributed by atoms with E-state index in [4.69, 9.17) is 0 Å². The number of carbonyl (C=O) groups excluding carboxylic acids is 2. The summed E-state index contributed by atoms with van der Waals surface area (Å²) in [5.41, 5.74) is -0.220. The molecule has 1 heterocycles. The zero-order valence-electron chi connectivity index (χ0n) is 17.5. The van der Waals surface area contributed by atoms with Crippen molar-refractivity contribution in [2.75, 3.05) is 25.0 Å². The summed E-state index contributed by atoms with van der Waals surface area (Å²) in [6.07, 6.45) is -0.664. The number of amides is 2. The normalized spacial score (nSPS) is 15.6. The number of nitrogens with zero attached hydrogens (tertiary/aromatic N) is 1. The monoisotopic (exact) mass is 449 g/mol. The van der Waals surface area contributed by atoms with Crippen molar-refractivity contribution in [1.82, 2.24) is 10.2 Å². The van der Waals surface area contributed by atoms with Crippen molar-refractivity contribution in [1.29, 1.82) is 0 Å². The third-order valence-electron chi connectivity index (χ3n) is 5.34. The van der Waals surface area contributed by atoms with Gasteiger partial charge in [-0.15, -0.1) is 0 Å². The second kappa shape index (κ2) is 10.5. The first kappa shape index (κ1) is 23.6. The summed E-state index contributed by atoms with van der Waals surface area (Å²) in [4.78, 5) is 27.3. The van der Waals surface area contributed by atoms with Crippen LogP contribution in [0.3, 0.4) is 0 Å². The van der Waals surface area contributed by atoms with Crippen molar-refractivity contribution in [2.45, 2.75) is 37.9 Å². The fourth-order valence-corrected chi connectivity index (χ4v) is 3.65. The number of alkyl halides is 3. The highest BCUT2D eigenvalue weighted by molar-refractivity contribution is 6.02. The number of hydrogen-bond acceptors (Lipinski definition) is 4. The molecule has 172 valence electrons. The Morgan fingerprint density at radius 3 is 2.34 bits per heavy atom. The maximum Gasteiger partial charge on any atom is 0.416 e. The summed E-state index contributed by atoms with van der Waals surface area (Å²) in [6, 6.07) is 9.85. The van der Waals surface area contributed by atoms with Crippen LogP contribution in [0, 0.1) is 0 Å². The van der Waals surface area contributed by atoms with Gasteiger partial charge in [0.05, 0.1) is 23.4 Å². The average Bonchev–Trinajstić information content (AvgIpc) is 3.06. The van der Waals surface area contributed by atoms with Gasteiger partial charge in [-0.25, -0.2) is 0 Å². The van der Waals surface area contributed by atoms with Gasteiger partial charge in [0, 0.05) is 18.8 Å². The molecule has 2 aromatic carbocycles. The highest BCUT2D eigenvalue weighted by Crippen LogP contribution is 2.31. The van der Waals surface area contributed by atoms with Gasteiger partial charge in [0.2, 0.25) is 5.91 Å². The molecule has 0 bridgehead atoms. The Morgan fingerprint density at radius 1 is 1.00 bits per heavy atom. The molecule has 0 radical (unpaired) electrons. The molecule has 1 atom stereocenters. The summed E-state index contributed by atoms with van der Waals surface area (Å²) in [5, 5.41) is 15.1. The predicted molar refractivity (Wildman–Crippen MR) is 115 cm³/mol. The minimum absolute atomic E-state index is 0.145. The van der Waals surface area contributed by atoms with Crippen LogP contribution in [0.2, 0.25) is 0 Å². The molecule has 1 fully saturated rings. The fraction of sp³-hybridized carbons (Fsp3) is 0.391. The smallest absolute Gasteiger partial charge is 0.394 e. The highest BCUT2D eigenvalue weighted by atomic mass is 19.4. The number of rotatable bonds is 6. The molecular formula is C23H26F3N3O3. The summed E-state index contributed by atoms with van der Waals surface area (Å²) < 4.78 is 39.0. The number of anilines is 2. The van der Waals surface area contributed by atoms with Crippen LogP contribution >= 0.6 is 0 Å². The number of aliphatic hydroxyl groups excluding tert-OH is 1. The molecule has 3 rings (SSSR count). The summed E-state index contributed by atoms with van der Waals surface area (Å²) in [6.45, 7) is 0.613. The lowest BCUT2D eigenvalue weighted by molar-refractivity contribution is -0.137. The van der Waals surface area contributed by atoms with E-state index in [-0.39, 0.29) is 22.8 Å². The van der Waals surface area contributed by atoms with Crippen LogP contribution in [0.1, 0.15) is 41.6 Å². The number of benzene rings is 2. The molecule has 0 aliphatic carbocycles. The minimum atomic E-state index is -4.49. The lowest BCUT2D eigenvalue weighted by Crippen LogP contribution is -2.50. The van der Waals surface area contributed by atoms with Crippen LogP contribution < -0.4 is 10.6 Å². The third-order valence-corrected chi connectivity index (χ3v) is 5.34. The predicted octanol–water partition coefficient (Wildman–Crippen LogP) is 3.94. The van der Waals surface area contributed by atoms with Crippen molar-refractivity contribution in [2.24, 2.45) is 0 Å². The van der Waals surface area contributed by atoms with Gasteiger partial charge in [0.1, 0.15) is 6.04 Å². The summed E-state index contributed by atoms with van der Waals surface area (Å²) in [7, 11) is 0. The van der Waals surface area contributed by atoms with Gasteiger partial charge in [-0.1, -0.05) is 31.0 Å². The number of hydrogen-bond donors (Lipinski definition) is 3. The quantitative estimate of drug-likeness (QED) is 0.624. The van der Waals surface area contributed by atoms with Gasteiger partial charge in [-0.05, 0) is 43.2 Å². The number of carbonyl (C=O) groups is 2. The van der Waals surface area contributed by atoms with Crippen LogP contribution in [-0.2, 0) is 11.0 Å². The second-order valence-electron chi connectivity index (χ2n) is 7.70. The molecule has 6 nitrogen and oxygen atoms in total. The number of likely N-dealkylation sites (tertiary alicyclic amines) is 1. The first-order valence-electron chi connectivity index (χ1n) is 10.5. The zero-order valence-corrected chi connectivity index (χ0v) is 17.5. The van der Waals surface area contributed by atoms with Crippen molar-refractivity contribution in [3.8, 4) is 0 Å². The first-order chi connectivity index (χ1) is 15.3. The fourth-order valence-electron chi connectivity index (χ4n) is 3.65. The average molecular weight is 449 g/mol. The zero-order chi connectivity index (χ0) is 23.1. The highest BCUT2D eigenvalue weighted by Gasteiger charge is 2.30. The molecule has 0 saturated carbocycles. The molecule has 0 spiro atoms.